The fourth-order valence-corrected chi connectivity index (χ4v) is 3.60. The number of nitrogens with one attached hydrogen (secondary N) is 1. The van der Waals surface area contributed by atoms with E-state index in [4.69, 9.17) is 18.5 Å². The summed E-state index contributed by atoms with van der Waals surface area (Å²) in [5, 5.41) is 2.90. The summed E-state index contributed by atoms with van der Waals surface area (Å²) < 4.78 is 5.43. The van der Waals surface area contributed by atoms with Gasteiger partial charge in [-0.25, -0.2) is 9.97 Å². The first-order valence-electron chi connectivity index (χ1n) is 10.8. The highest BCUT2D eigenvalue weighted by molar-refractivity contribution is 6.07. The average Bonchev–Trinajstić information content (AvgIpc) is 2.84. The number of carbonyl (C=O) groups is 1. The van der Waals surface area contributed by atoms with Gasteiger partial charge in [-0.1, -0.05) is 24.3 Å². The number of amides is 1. The maximum Gasteiger partial charge on any atom is 0.278 e. The molecule has 0 bridgehead atoms. The normalized spacial score (nSPS) is 13.8. The summed E-state index contributed by atoms with van der Waals surface area (Å²) in [5.74, 6) is -0.373. The third-order valence-corrected chi connectivity index (χ3v) is 5.42. The molecule has 33 heavy (non-hydrogen) atoms. The maximum atomic E-state index is 13.1. The molecule has 1 amide bonds. The minimum absolute atomic E-state index is 0.0654. The van der Waals surface area contributed by atoms with E-state index in [-0.39, 0.29) is 11.5 Å². The molecule has 1 saturated heterocycles. The molecule has 0 atom stereocenters. The van der Waals surface area contributed by atoms with E-state index in [1.54, 1.807) is 23.4 Å². The molecule has 1 aliphatic rings. The molecule has 0 saturated carbocycles. The van der Waals surface area contributed by atoms with Crippen molar-refractivity contribution in [3.05, 3.63) is 60.2 Å². The van der Waals surface area contributed by atoms with Crippen molar-refractivity contribution in [1.29, 1.82) is 0 Å². The van der Waals surface area contributed by atoms with Crippen LogP contribution in [0.25, 0.3) is 11.3 Å². The summed E-state index contributed by atoms with van der Waals surface area (Å²) in [5.41, 5.74) is 10.1. The zero-order chi connectivity index (χ0) is 23.2. The van der Waals surface area contributed by atoms with Gasteiger partial charge in [0.2, 0.25) is 0 Å². The van der Waals surface area contributed by atoms with Gasteiger partial charge in [-0.15, -0.1) is 0 Å². The van der Waals surface area contributed by atoms with E-state index >= 15 is 0 Å². The second-order valence-corrected chi connectivity index (χ2v) is 7.86. The molecule has 9 nitrogen and oxygen atoms in total. The van der Waals surface area contributed by atoms with Gasteiger partial charge < -0.3 is 25.5 Å². The standard InChI is InChI=1S/C23H26BN7O2/c1-30(24)9-7-16-2-4-17(5-3-16)18-15-27-22(25)21(28-18)23(32)29-19-14-26-8-6-20(19)31-10-12-33-13-11-31/h2-6,8,14-15H,7,9-13H2,1H3,(H2,25,27)(H,29,32). The zero-order valence-corrected chi connectivity index (χ0v) is 18.6. The minimum Gasteiger partial charge on any atom is -0.382 e. The van der Waals surface area contributed by atoms with Crippen molar-refractivity contribution in [2.45, 2.75) is 6.42 Å². The predicted octanol–water partition coefficient (Wildman–Crippen LogP) is 1.77. The van der Waals surface area contributed by atoms with Gasteiger partial charge in [0.1, 0.15) is 0 Å². The smallest absolute Gasteiger partial charge is 0.278 e. The Labute approximate surface area is 194 Å². The number of nitrogen functional groups attached to an aromatic ring is 1. The van der Waals surface area contributed by atoms with Crippen LogP contribution in [-0.4, -0.2) is 73.5 Å². The molecule has 3 N–H and O–H groups in total. The second-order valence-electron chi connectivity index (χ2n) is 7.86. The Morgan fingerprint density at radius 2 is 1.97 bits per heavy atom. The first-order chi connectivity index (χ1) is 16.0. The third kappa shape index (κ3) is 5.66. The van der Waals surface area contributed by atoms with Crippen LogP contribution in [0.2, 0.25) is 0 Å². The number of benzene rings is 1. The van der Waals surface area contributed by atoms with Crippen molar-refractivity contribution < 1.29 is 9.53 Å². The van der Waals surface area contributed by atoms with Crippen LogP contribution in [0.15, 0.2) is 48.9 Å². The summed E-state index contributed by atoms with van der Waals surface area (Å²) in [6, 6.07) is 9.80. The van der Waals surface area contributed by atoms with Crippen LogP contribution in [-0.2, 0) is 11.2 Å². The topological polar surface area (TPSA) is 110 Å². The number of likely N-dealkylation sites (N-methyl/N-ethyl adjacent to an activating group) is 1. The highest BCUT2D eigenvalue weighted by atomic mass is 16.5. The van der Waals surface area contributed by atoms with E-state index in [2.05, 4.69) is 25.2 Å². The Morgan fingerprint density at radius 1 is 1.21 bits per heavy atom. The molecule has 1 aliphatic heterocycles. The molecule has 2 aromatic heterocycles. The van der Waals surface area contributed by atoms with Crippen LogP contribution in [0, 0.1) is 0 Å². The fourth-order valence-electron chi connectivity index (χ4n) is 3.60. The summed E-state index contributed by atoms with van der Waals surface area (Å²) in [4.78, 5) is 29.7. The lowest BCUT2D eigenvalue weighted by Crippen LogP contribution is -2.36. The zero-order valence-electron chi connectivity index (χ0n) is 18.6. The van der Waals surface area contributed by atoms with E-state index in [0.717, 1.165) is 42.9 Å². The third-order valence-electron chi connectivity index (χ3n) is 5.42. The predicted molar refractivity (Wildman–Crippen MR) is 129 cm³/mol. The molecule has 2 radical (unpaired) electrons. The van der Waals surface area contributed by atoms with E-state index < -0.39 is 5.91 Å². The lowest BCUT2D eigenvalue weighted by molar-refractivity contribution is 0.102. The molecule has 10 heteroatoms. The number of rotatable bonds is 7. The number of hydrogen-bond donors (Lipinski definition) is 2. The summed E-state index contributed by atoms with van der Waals surface area (Å²) in [7, 11) is 7.51. The SMILES string of the molecule is [B]N(C)CCc1ccc(-c2cnc(N)c(C(=O)Nc3cnccc3N3CCOCC3)n2)cc1. The summed E-state index contributed by atoms with van der Waals surface area (Å²) >= 11 is 0. The molecule has 0 unspecified atom stereocenters. The Morgan fingerprint density at radius 3 is 2.70 bits per heavy atom. The van der Waals surface area contributed by atoms with Gasteiger partial charge in [0, 0.05) is 24.8 Å². The van der Waals surface area contributed by atoms with Crippen LogP contribution in [0.3, 0.4) is 0 Å². The number of pyridine rings is 1. The van der Waals surface area contributed by atoms with Gasteiger partial charge in [0.05, 0.1) is 42.7 Å². The molecular formula is C23H26BN7O2. The van der Waals surface area contributed by atoms with Crippen LogP contribution in [0.4, 0.5) is 17.2 Å². The molecule has 3 heterocycles. The lowest BCUT2D eigenvalue weighted by atomic mass is 10.1. The first kappa shape index (κ1) is 22.7. The molecule has 0 spiro atoms. The molecule has 1 fully saturated rings. The van der Waals surface area contributed by atoms with Crippen LogP contribution in [0.5, 0.6) is 0 Å². The van der Waals surface area contributed by atoms with Crippen molar-refractivity contribution >= 4 is 31.1 Å². The fraction of sp³-hybridized carbons (Fsp3) is 0.304. The lowest BCUT2D eigenvalue weighted by Gasteiger charge is -2.30. The number of morpholine rings is 1. The van der Waals surface area contributed by atoms with E-state index in [1.165, 1.54) is 0 Å². The Kier molecular flexibility index (Phi) is 7.16. The van der Waals surface area contributed by atoms with Crippen molar-refractivity contribution in [2.75, 3.05) is 55.8 Å². The molecule has 4 rings (SSSR count). The average molecular weight is 443 g/mol. The maximum absolute atomic E-state index is 13.1. The van der Waals surface area contributed by atoms with E-state index in [1.807, 2.05) is 37.4 Å². The number of carbonyl (C=O) groups excluding carboxylic acids is 1. The first-order valence-corrected chi connectivity index (χ1v) is 10.8. The molecule has 168 valence electrons. The van der Waals surface area contributed by atoms with Crippen molar-refractivity contribution in [3.63, 3.8) is 0 Å². The monoisotopic (exact) mass is 443 g/mol. The molecule has 3 aromatic rings. The number of nitrogens with zero attached hydrogens (tertiary/aromatic N) is 5. The highest BCUT2D eigenvalue weighted by Crippen LogP contribution is 2.26. The van der Waals surface area contributed by atoms with Gasteiger partial charge in [-0.05, 0) is 31.6 Å². The number of ether oxygens (including phenoxy) is 1. The van der Waals surface area contributed by atoms with Crippen molar-refractivity contribution in [2.24, 2.45) is 0 Å². The van der Waals surface area contributed by atoms with Crippen LogP contribution in [0.1, 0.15) is 16.1 Å². The molecule has 0 aliphatic carbocycles. The number of hydrogen-bond acceptors (Lipinski definition) is 8. The van der Waals surface area contributed by atoms with Gasteiger partial charge in [0.25, 0.3) is 5.91 Å². The minimum atomic E-state index is -0.438. The number of nitrogens with two attached hydrogens (primary N) is 1. The Balaban J connectivity index is 1.53. The largest absolute Gasteiger partial charge is 0.382 e. The number of aromatic nitrogens is 3. The quantitative estimate of drug-likeness (QED) is 0.532. The van der Waals surface area contributed by atoms with Crippen LogP contribution < -0.4 is 16.0 Å². The van der Waals surface area contributed by atoms with Gasteiger partial charge in [-0.3, -0.25) is 9.78 Å². The van der Waals surface area contributed by atoms with Crippen LogP contribution >= 0.6 is 0 Å². The Hall–Kier alpha value is -3.50. The number of anilines is 3. The summed E-state index contributed by atoms with van der Waals surface area (Å²) in [6.07, 6.45) is 5.72. The van der Waals surface area contributed by atoms with E-state index in [0.29, 0.717) is 24.6 Å². The van der Waals surface area contributed by atoms with Gasteiger partial charge in [-0.2, -0.15) is 0 Å². The van der Waals surface area contributed by atoms with Crippen molar-refractivity contribution in [1.82, 2.24) is 19.8 Å². The molecule has 1 aromatic carbocycles. The van der Waals surface area contributed by atoms with Gasteiger partial charge in [0.15, 0.2) is 19.5 Å². The second kappa shape index (κ2) is 10.4. The Bertz CT molecular complexity index is 1100. The van der Waals surface area contributed by atoms with E-state index in [9.17, 15) is 4.79 Å². The highest BCUT2D eigenvalue weighted by Gasteiger charge is 2.19. The van der Waals surface area contributed by atoms with Crippen molar-refractivity contribution in [3.8, 4) is 11.3 Å². The van der Waals surface area contributed by atoms with Gasteiger partial charge >= 0.3 is 0 Å². The molecular weight excluding hydrogens is 417 g/mol. The summed E-state index contributed by atoms with van der Waals surface area (Å²) in [6.45, 7) is 3.51.